The molecule has 0 fully saturated rings. The summed E-state index contributed by atoms with van der Waals surface area (Å²) >= 11 is 0. The minimum Gasteiger partial charge on any atom is -0.353 e. The summed E-state index contributed by atoms with van der Waals surface area (Å²) in [7, 11) is -2.33. The fourth-order valence-electron chi connectivity index (χ4n) is 1.48. The van der Waals surface area contributed by atoms with Crippen LogP contribution in [0.2, 0.25) is 0 Å². The van der Waals surface area contributed by atoms with Gasteiger partial charge >= 0.3 is 0 Å². The lowest BCUT2D eigenvalue weighted by Gasteiger charge is -2.14. The average Bonchev–Trinajstić information content (AvgIpc) is 2.38. The van der Waals surface area contributed by atoms with Crippen molar-refractivity contribution in [1.29, 1.82) is 0 Å². The van der Waals surface area contributed by atoms with E-state index < -0.39 is 32.7 Å². The van der Waals surface area contributed by atoms with Crippen LogP contribution in [0, 0.1) is 5.82 Å². The molecule has 0 heterocycles. The van der Waals surface area contributed by atoms with Crippen LogP contribution in [0.5, 0.6) is 0 Å². The van der Waals surface area contributed by atoms with Crippen molar-refractivity contribution in [3.8, 4) is 0 Å². The van der Waals surface area contributed by atoms with Crippen LogP contribution in [-0.4, -0.2) is 40.5 Å². The third-order valence-electron chi connectivity index (χ3n) is 2.53. The van der Waals surface area contributed by atoms with Crippen molar-refractivity contribution in [2.45, 2.75) is 17.9 Å². The van der Waals surface area contributed by atoms with E-state index in [4.69, 9.17) is 0 Å². The third kappa shape index (κ3) is 4.55. The zero-order chi connectivity index (χ0) is 15.2. The maximum atomic E-state index is 13.5. The quantitative estimate of drug-likeness (QED) is 0.610. The molecular formula is C12H18FN3O3S. The van der Waals surface area contributed by atoms with Crippen molar-refractivity contribution < 1.29 is 17.6 Å². The second kappa shape index (κ2) is 7.32. The molecule has 1 aromatic carbocycles. The molecule has 0 saturated carbocycles. The smallest absolute Gasteiger partial charge is 0.244 e. The van der Waals surface area contributed by atoms with E-state index in [0.29, 0.717) is 13.1 Å². The van der Waals surface area contributed by atoms with Gasteiger partial charge in [-0.05, 0) is 26.1 Å². The van der Waals surface area contributed by atoms with Gasteiger partial charge in [-0.3, -0.25) is 4.79 Å². The summed E-state index contributed by atoms with van der Waals surface area (Å²) in [5.74, 6) is -1.33. The highest BCUT2D eigenvalue weighted by atomic mass is 32.2. The molecule has 0 spiro atoms. The van der Waals surface area contributed by atoms with Crippen LogP contribution in [0.3, 0.4) is 0 Å². The molecule has 8 heteroatoms. The maximum Gasteiger partial charge on any atom is 0.244 e. The summed E-state index contributed by atoms with van der Waals surface area (Å²) in [5.41, 5.74) is 0. The van der Waals surface area contributed by atoms with Gasteiger partial charge < -0.3 is 10.6 Å². The first-order chi connectivity index (χ1) is 9.38. The minimum atomic E-state index is -4.07. The summed E-state index contributed by atoms with van der Waals surface area (Å²) in [5, 5.41) is 5.39. The molecule has 1 atom stereocenters. The Labute approximate surface area is 117 Å². The van der Waals surface area contributed by atoms with E-state index in [2.05, 4.69) is 15.4 Å². The topological polar surface area (TPSA) is 87.3 Å². The lowest BCUT2D eigenvalue weighted by molar-refractivity contribution is -0.122. The number of halogens is 1. The zero-order valence-electron chi connectivity index (χ0n) is 11.3. The maximum absolute atomic E-state index is 13.5. The molecule has 20 heavy (non-hydrogen) atoms. The number of hydrogen-bond donors (Lipinski definition) is 3. The molecule has 6 nitrogen and oxygen atoms in total. The molecule has 3 N–H and O–H groups in total. The van der Waals surface area contributed by atoms with Crippen molar-refractivity contribution in [2.24, 2.45) is 0 Å². The van der Waals surface area contributed by atoms with E-state index in [0.717, 1.165) is 12.1 Å². The molecule has 0 aromatic heterocycles. The van der Waals surface area contributed by atoms with Gasteiger partial charge in [0.2, 0.25) is 15.9 Å². The predicted octanol–water partition coefficient (Wildman–Crippen LogP) is -0.172. The van der Waals surface area contributed by atoms with Gasteiger partial charge in [0.05, 0.1) is 6.04 Å². The second-order valence-corrected chi connectivity index (χ2v) is 5.85. The SMILES string of the molecule is CNCCNC(=O)C(C)NS(=O)(=O)c1ccccc1F. The normalized spacial score (nSPS) is 12.9. The molecular weight excluding hydrogens is 285 g/mol. The van der Waals surface area contributed by atoms with Crippen LogP contribution in [0.15, 0.2) is 29.2 Å². The Morgan fingerprint density at radius 2 is 1.95 bits per heavy atom. The van der Waals surface area contributed by atoms with Gasteiger partial charge in [0, 0.05) is 13.1 Å². The van der Waals surface area contributed by atoms with Gasteiger partial charge in [0.25, 0.3) is 0 Å². The van der Waals surface area contributed by atoms with Crippen LogP contribution < -0.4 is 15.4 Å². The van der Waals surface area contributed by atoms with Gasteiger partial charge in [0.1, 0.15) is 10.7 Å². The highest BCUT2D eigenvalue weighted by Gasteiger charge is 2.24. The number of rotatable bonds is 7. The molecule has 1 aromatic rings. The third-order valence-corrected chi connectivity index (χ3v) is 4.10. The monoisotopic (exact) mass is 303 g/mol. The van der Waals surface area contributed by atoms with E-state index in [-0.39, 0.29) is 0 Å². The number of hydrogen-bond acceptors (Lipinski definition) is 4. The van der Waals surface area contributed by atoms with Crippen LogP contribution in [0.4, 0.5) is 4.39 Å². The van der Waals surface area contributed by atoms with Gasteiger partial charge in [-0.25, -0.2) is 12.8 Å². The largest absolute Gasteiger partial charge is 0.353 e. The number of carbonyl (C=O) groups is 1. The minimum absolute atomic E-state index is 0.376. The zero-order valence-corrected chi connectivity index (χ0v) is 12.1. The highest BCUT2D eigenvalue weighted by Crippen LogP contribution is 2.13. The number of nitrogens with one attached hydrogen (secondary N) is 3. The summed E-state index contributed by atoms with van der Waals surface area (Å²) in [6.07, 6.45) is 0. The Bertz CT molecular complexity index is 563. The standard InChI is InChI=1S/C12H18FN3O3S/c1-9(12(17)15-8-7-14-2)16-20(18,19)11-6-4-3-5-10(11)13/h3-6,9,14,16H,7-8H2,1-2H3,(H,15,17). The molecule has 0 saturated heterocycles. The summed E-state index contributed by atoms with van der Waals surface area (Å²) < 4.78 is 39.5. The van der Waals surface area contributed by atoms with Gasteiger partial charge in [-0.1, -0.05) is 12.1 Å². The Morgan fingerprint density at radius 3 is 2.55 bits per heavy atom. The summed E-state index contributed by atoms with van der Waals surface area (Å²) in [6, 6.07) is 4.00. The molecule has 112 valence electrons. The Morgan fingerprint density at radius 1 is 1.30 bits per heavy atom. The second-order valence-electron chi connectivity index (χ2n) is 4.17. The molecule has 1 rings (SSSR count). The fraction of sp³-hybridized carbons (Fsp3) is 0.417. The van der Waals surface area contributed by atoms with E-state index >= 15 is 0 Å². The molecule has 1 unspecified atom stereocenters. The highest BCUT2D eigenvalue weighted by molar-refractivity contribution is 7.89. The summed E-state index contributed by atoms with van der Waals surface area (Å²) in [4.78, 5) is 11.2. The first kappa shape index (κ1) is 16.5. The first-order valence-electron chi connectivity index (χ1n) is 6.07. The van der Waals surface area contributed by atoms with Crippen molar-refractivity contribution in [1.82, 2.24) is 15.4 Å². The lowest BCUT2D eigenvalue weighted by Crippen LogP contribution is -2.46. The number of sulfonamides is 1. The predicted molar refractivity (Wildman–Crippen MR) is 73.1 cm³/mol. The molecule has 0 aliphatic heterocycles. The number of amides is 1. The van der Waals surface area contributed by atoms with Crippen LogP contribution in [-0.2, 0) is 14.8 Å². The van der Waals surface area contributed by atoms with Gasteiger partial charge in [0.15, 0.2) is 0 Å². The van der Waals surface area contributed by atoms with Crippen LogP contribution >= 0.6 is 0 Å². The number of carbonyl (C=O) groups excluding carboxylic acids is 1. The summed E-state index contributed by atoms with van der Waals surface area (Å²) in [6.45, 7) is 2.34. The van der Waals surface area contributed by atoms with Gasteiger partial charge in [-0.15, -0.1) is 0 Å². The molecule has 0 bridgehead atoms. The first-order valence-corrected chi connectivity index (χ1v) is 7.56. The fourth-order valence-corrected chi connectivity index (χ4v) is 2.76. The van der Waals surface area contributed by atoms with Crippen molar-refractivity contribution in [3.05, 3.63) is 30.1 Å². The molecule has 0 aliphatic carbocycles. The van der Waals surface area contributed by atoms with E-state index in [1.54, 1.807) is 7.05 Å². The Balaban J connectivity index is 2.72. The number of likely N-dealkylation sites (N-methyl/N-ethyl adjacent to an activating group) is 1. The van der Waals surface area contributed by atoms with Crippen LogP contribution in [0.25, 0.3) is 0 Å². The average molecular weight is 303 g/mol. The van der Waals surface area contributed by atoms with E-state index in [9.17, 15) is 17.6 Å². The van der Waals surface area contributed by atoms with Crippen molar-refractivity contribution in [3.63, 3.8) is 0 Å². The van der Waals surface area contributed by atoms with E-state index in [1.165, 1.54) is 19.1 Å². The van der Waals surface area contributed by atoms with Crippen molar-refractivity contribution >= 4 is 15.9 Å². The molecule has 0 aliphatic rings. The van der Waals surface area contributed by atoms with Gasteiger partial charge in [-0.2, -0.15) is 4.72 Å². The van der Waals surface area contributed by atoms with Crippen molar-refractivity contribution in [2.75, 3.05) is 20.1 Å². The Hall–Kier alpha value is -1.51. The Kier molecular flexibility index (Phi) is 6.05. The van der Waals surface area contributed by atoms with Crippen LogP contribution in [0.1, 0.15) is 6.92 Å². The lowest BCUT2D eigenvalue weighted by atomic mass is 10.3. The molecule has 0 radical (unpaired) electrons. The van der Waals surface area contributed by atoms with E-state index in [1.807, 2.05) is 0 Å². The number of benzene rings is 1. The molecule has 1 amide bonds.